The standard InChI is InChI=1S/C22H20N6O/c1-15-19(11-25-28(15)18-7-5-4-6-8-18)20-12-24-27-14-16(9-21(29-3)22(20)27)17-10-23-26(2)13-17/h4-14H,1-3H3. The van der Waals surface area contributed by atoms with Crippen molar-refractivity contribution in [2.45, 2.75) is 6.92 Å². The largest absolute Gasteiger partial charge is 0.494 e. The van der Waals surface area contributed by atoms with Crippen molar-refractivity contribution in [3.63, 3.8) is 0 Å². The van der Waals surface area contributed by atoms with E-state index >= 15 is 0 Å². The number of fused-ring (bicyclic) bond motifs is 1. The molecule has 0 aliphatic rings. The van der Waals surface area contributed by atoms with Crippen LogP contribution < -0.4 is 4.74 Å². The highest BCUT2D eigenvalue weighted by Crippen LogP contribution is 2.36. The molecule has 0 radical (unpaired) electrons. The molecule has 5 aromatic rings. The molecule has 0 spiro atoms. The van der Waals surface area contributed by atoms with Gasteiger partial charge in [0.25, 0.3) is 0 Å². The molecule has 0 atom stereocenters. The summed E-state index contributed by atoms with van der Waals surface area (Å²) in [7, 11) is 3.58. The Hall–Kier alpha value is -3.87. The van der Waals surface area contributed by atoms with Crippen LogP contribution in [-0.2, 0) is 7.05 Å². The monoisotopic (exact) mass is 384 g/mol. The molecule has 0 saturated heterocycles. The fourth-order valence-corrected chi connectivity index (χ4v) is 3.67. The summed E-state index contributed by atoms with van der Waals surface area (Å²) >= 11 is 0. The molecule has 0 saturated carbocycles. The summed E-state index contributed by atoms with van der Waals surface area (Å²) in [5.74, 6) is 0.755. The van der Waals surface area contributed by atoms with E-state index in [9.17, 15) is 0 Å². The molecule has 0 N–H and O–H groups in total. The Labute approximate surface area is 167 Å². The summed E-state index contributed by atoms with van der Waals surface area (Å²) in [6.07, 6.45) is 9.55. The van der Waals surface area contributed by atoms with Crippen LogP contribution >= 0.6 is 0 Å². The van der Waals surface area contributed by atoms with Crippen LogP contribution in [0.4, 0.5) is 0 Å². The van der Waals surface area contributed by atoms with Crippen LogP contribution in [0.25, 0.3) is 33.5 Å². The molecule has 0 amide bonds. The highest BCUT2D eigenvalue weighted by molar-refractivity contribution is 5.87. The van der Waals surface area contributed by atoms with Crippen molar-refractivity contribution in [3.05, 3.63) is 73.1 Å². The number of hydrogen-bond acceptors (Lipinski definition) is 4. The third-order valence-electron chi connectivity index (χ3n) is 5.14. The lowest BCUT2D eigenvalue weighted by atomic mass is 10.1. The predicted molar refractivity (Wildman–Crippen MR) is 111 cm³/mol. The molecule has 29 heavy (non-hydrogen) atoms. The number of aryl methyl sites for hydroxylation is 1. The van der Waals surface area contributed by atoms with Gasteiger partial charge >= 0.3 is 0 Å². The summed E-state index contributed by atoms with van der Waals surface area (Å²) in [4.78, 5) is 0. The van der Waals surface area contributed by atoms with E-state index in [0.717, 1.165) is 44.9 Å². The quantitative estimate of drug-likeness (QED) is 0.471. The van der Waals surface area contributed by atoms with E-state index in [4.69, 9.17) is 4.74 Å². The first-order valence-electron chi connectivity index (χ1n) is 9.30. The van der Waals surface area contributed by atoms with Crippen LogP contribution in [0.5, 0.6) is 5.75 Å². The Bertz CT molecular complexity index is 1310. The molecule has 4 aromatic heterocycles. The van der Waals surface area contributed by atoms with Gasteiger partial charge in [0.15, 0.2) is 0 Å². The lowest BCUT2D eigenvalue weighted by molar-refractivity contribution is 0.418. The molecule has 1 aromatic carbocycles. The SMILES string of the molecule is COc1cc(-c2cnn(C)c2)cn2ncc(-c3cnn(-c4ccccc4)c3C)c12. The first kappa shape index (κ1) is 17.2. The minimum absolute atomic E-state index is 0.755. The summed E-state index contributed by atoms with van der Waals surface area (Å²) < 4.78 is 11.3. The molecule has 7 nitrogen and oxygen atoms in total. The van der Waals surface area contributed by atoms with Crippen LogP contribution in [0.2, 0.25) is 0 Å². The van der Waals surface area contributed by atoms with E-state index < -0.39 is 0 Å². The van der Waals surface area contributed by atoms with Gasteiger partial charge in [-0.1, -0.05) is 18.2 Å². The smallest absolute Gasteiger partial charge is 0.145 e. The number of aromatic nitrogens is 6. The Morgan fingerprint density at radius 3 is 2.38 bits per heavy atom. The molecule has 0 bridgehead atoms. The van der Waals surface area contributed by atoms with Crippen LogP contribution in [0.1, 0.15) is 5.69 Å². The molecule has 5 rings (SSSR count). The van der Waals surface area contributed by atoms with E-state index in [1.54, 1.807) is 11.8 Å². The normalized spacial score (nSPS) is 11.3. The third-order valence-corrected chi connectivity index (χ3v) is 5.14. The van der Waals surface area contributed by atoms with Crippen LogP contribution in [-0.4, -0.2) is 36.3 Å². The molecule has 0 aliphatic heterocycles. The van der Waals surface area contributed by atoms with Crippen LogP contribution in [0, 0.1) is 6.92 Å². The van der Waals surface area contributed by atoms with Crippen molar-refractivity contribution in [1.29, 1.82) is 0 Å². The number of pyridine rings is 1. The van der Waals surface area contributed by atoms with Gasteiger partial charge in [-0.05, 0) is 25.1 Å². The number of methoxy groups -OCH3 is 1. The predicted octanol–water partition coefficient (Wildman–Crippen LogP) is 3.90. The molecular weight excluding hydrogens is 364 g/mol. The summed E-state index contributed by atoms with van der Waals surface area (Å²) in [5, 5.41) is 13.5. The Morgan fingerprint density at radius 1 is 0.862 bits per heavy atom. The van der Waals surface area contributed by atoms with Gasteiger partial charge in [-0.15, -0.1) is 0 Å². The maximum atomic E-state index is 5.73. The van der Waals surface area contributed by atoms with E-state index in [0.29, 0.717) is 0 Å². The van der Waals surface area contributed by atoms with Gasteiger partial charge in [0.1, 0.15) is 11.3 Å². The van der Waals surface area contributed by atoms with Gasteiger partial charge in [0.2, 0.25) is 0 Å². The summed E-state index contributed by atoms with van der Waals surface area (Å²) in [6.45, 7) is 2.06. The van der Waals surface area contributed by atoms with Gasteiger partial charge in [0, 0.05) is 47.4 Å². The molecule has 0 aliphatic carbocycles. The highest BCUT2D eigenvalue weighted by Gasteiger charge is 2.18. The average Bonchev–Trinajstić information content (AvgIpc) is 3.46. The van der Waals surface area contributed by atoms with Crippen LogP contribution in [0.3, 0.4) is 0 Å². The number of ether oxygens (including phenoxy) is 1. The molecule has 4 heterocycles. The topological polar surface area (TPSA) is 62.2 Å². The van der Waals surface area contributed by atoms with Gasteiger partial charge < -0.3 is 4.74 Å². The Balaban J connectivity index is 1.66. The Morgan fingerprint density at radius 2 is 1.66 bits per heavy atom. The van der Waals surface area contributed by atoms with E-state index in [2.05, 4.69) is 22.2 Å². The van der Waals surface area contributed by atoms with Gasteiger partial charge in [-0.2, -0.15) is 15.3 Å². The fourth-order valence-electron chi connectivity index (χ4n) is 3.67. The lowest BCUT2D eigenvalue weighted by Gasteiger charge is -2.09. The van der Waals surface area contributed by atoms with Crippen molar-refractivity contribution in [1.82, 2.24) is 29.2 Å². The van der Waals surface area contributed by atoms with E-state index in [1.807, 2.05) is 83.6 Å². The molecule has 0 fully saturated rings. The number of benzene rings is 1. The number of rotatable bonds is 4. The highest BCUT2D eigenvalue weighted by atomic mass is 16.5. The fraction of sp³-hybridized carbons (Fsp3) is 0.136. The molecule has 0 unspecified atom stereocenters. The van der Waals surface area contributed by atoms with Crippen molar-refractivity contribution in [2.75, 3.05) is 7.11 Å². The molecular formula is C22H20N6O. The zero-order valence-corrected chi connectivity index (χ0v) is 16.4. The number of hydrogen-bond donors (Lipinski definition) is 0. The van der Waals surface area contributed by atoms with Crippen molar-refractivity contribution < 1.29 is 4.74 Å². The maximum absolute atomic E-state index is 5.73. The minimum Gasteiger partial charge on any atom is -0.494 e. The van der Waals surface area contributed by atoms with Crippen molar-refractivity contribution >= 4 is 5.52 Å². The average molecular weight is 384 g/mol. The second kappa shape index (κ2) is 6.63. The zero-order chi connectivity index (χ0) is 20.0. The van der Waals surface area contributed by atoms with Crippen LogP contribution in [0.15, 0.2) is 67.4 Å². The second-order valence-corrected chi connectivity index (χ2v) is 6.94. The molecule has 144 valence electrons. The summed E-state index contributed by atoms with van der Waals surface area (Å²) in [6, 6.07) is 12.1. The third kappa shape index (κ3) is 2.79. The van der Waals surface area contributed by atoms with E-state index in [-0.39, 0.29) is 0 Å². The van der Waals surface area contributed by atoms with Crippen molar-refractivity contribution in [3.8, 4) is 33.7 Å². The zero-order valence-electron chi connectivity index (χ0n) is 16.4. The second-order valence-electron chi connectivity index (χ2n) is 6.94. The number of para-hydroxylation sites is 1. The lowest BCUT2D eigenvalue weighted by Crippen LogP contribution is -1.98. The summed E-state index contributed by atoms with van der Waals surface area (Å²) in [5.41, 5.74) is 7.00. The van der Waals surface area contributed by atoms with E-state index in [1.165, 1.54) is 0 Å². The number of nitrogens with zero attached hydrogens (tertiary/aromatic N) is 6. The van der Waals surface area contributed by atoms with Gasteiger partial charge in [-0.3, -0.25) is 4.68 Å². The first-order chi connectivity index (χ1) is 14.2. The first-order valence-corrected chi connectivity index (χ1v) is 9.30. The van der Waals surface area contributed by atoms with Crippen molar-refractivity contribution in [2.24, 2.45) is 7.05 Å². The van der Waals surface area contributed by atoms with Gasteiger partial charge in [-0.25, -0.2) is 9.20 Å². The minimum atomic E-state index is 0.755. The maximum Gasteiger partial charge on any atom is 0.145 e. The van der Waals surface area contributed by atoms with Gasteiger partial charge in [0.05, 0.1) is 31.4 Å². The molecule has 7 heteroatoms. The Kier molecular flexibility index (Phi) is 3.94.